The number of H-pyrrole nitrogens is 1. The maximum absolute atomic E-state index is 11.5. The lowest BCUT2D eigenvalue weighted by atomic mass is 10.2. The molecule has 0 aliphatic carbocycles. The van der Waals surface area contributed by atoms with E-state index in [-0.39, 0.29) is 5.56 Å². The van der Waals surface area contributed by atoms with Gasteiger partial charge in [0.15, 0.2) is 0 Å². The smallest absolute Gasteiger partial charge is 0.265 e. The number of aromatic nitrogens is 4. The number of nitrogens with zero attached hydrogens (tertiary/aromatic N) is 3. The maximum Gasteiger partial charge on any atom is 0.265 e. The van der Waals surface area contributed by atoms with Gasteiger partial charge in [0, 0.05) is 24.2 Å². The van der Waals surface area contributed by atoms with E-state index >= 15 is 0 Å². The molecular formula is C12H7BrN4O. The first-order chi connectivity index (χ1) is 8.74. The lowest BCUT2D eigenvalue weighted by Crippen LogP contribution is -2.08. The zero-order valence-corrected chi connectivity index (χ0v) is 10.7. The Morgan fingerprint density at radius 3 is 2.61 bits per heavy atom. The summed E-state index contributed by atoms with van der Waals surface area (Å²) >= 11 is 3.11. The van der Waals surface area contributed by atoms with E-state index in [2.05, 4.69) is 35.9 Å². The van der Waals surface area contributed by atoms with Gasteiger partial charge in [-0.3, -0.25) is 14.8 Å². The molecule has 3 aromatic rings. The quantitative estimate of drug-likeness (QED) is 0.747. The van der Waals surface area contributed by atoms with Crippen LogP contribution >= 0.6 is 15.9 Å². The van der Waals surface area contributed by atoms with Gasteiger partial charge in [0.1, 0.15) is 10.3 Å². The van der Waals surface area contributed by atoms with Gasteiger partial charge in [-0.05, 0) is 34.1 Å². The van der Waals surface area contributed by atoms with Crippen LogP contribution in [0, 0.1) is 0 Å². The molecule has 5 nitrogen and oxygen atoms in total. The molecule has 0 bridgehead atoms. The predicted molar refractivity (Wildman–Crippen MR) is 71.1 cm³/mol. The molecule has 0 unspecified atom stereocenters. The Balaban J connectivity index is 2.19. The van der Waals surface area contributed by atoms with Gasteiger partial charge in [-0.2, -0.15) is 0 Å². The van der Waals surface area contributed by atoms with Crippen molar-refractivity contribution in [3.63, 3.8) is 0 Å². The van der Waals surface area contributed by atoms with E-state index in [4.69, 9.17) is 0 Å². The van der Waals surface area contributed by atoms with Crippen LogP contribution in [0.15, 0.2) is 46.1 Å². The molecule has 1 aromatic carbocycles. The molecule has 6 heteroatoms. The highest BCUT2D eigenvalue weighted by Gasteiger charge is 2.04. The Kier molecular flexibility index (Phi) is 2.64. The van der Waals surface area contributed by atoms with Crippen molar-refractivity contribution in [3.8, 4) is 11.4 Å². The summed E-state index contributed by atoms with van der Waals surface area (Å²) in [5, 5.41) is 0. The SMILES string of the molecule is O=c1[nH]c(-c2ccc3nccnc3c2)ncc1Br. The fourth-order valence-corrected chi connectivity index (χ4v) is 1.84. The minimum Gasteiger partial charge on any atom is -0.306 e. The summed E-state index contributed by atoms with van der Waals surface area (Å²) in [6, 6.07) is 5.54. The third kappa shape index (κ3) is 1.91. The zero-order valence-electron chi connectivity index (χ0n) is 9.09. The highest BCUT2D eigenvalue weighted by molar-refractivity contribution is 9.10. The van der Waals surface area contributed by atoms with Crippen LogP contribution in [0.25, 0.3) is 22.4 Å². The molecule has 0 spiro atoms. The summed E-state index contributed by atoms with van der Waals surface area (Å²) in [6.45, 7) is 0. The molecule has 0 aliphatic rings. The first-order valence-electron chi connectivity index (χ1n) is 5.20. The number of fused-ring (bicyclic) bond motifs is 1. The second kappa shape index (κ2) is 4.30. The van der Waals surface area contributed by atoms with Crippen molar-refractivity contribution >= 4 is 27.0 Å². The predicted octanol–water partition coefficient (Wildman–Crippen LogP) is 2.14. The minimum atomic E-state index is -0.209. The molecule has 88 valence electrons. The van der Waals surface area contributed by atoms with E-state index in [9.17, 15) is 4.79 Å². The van der Waals surface area contributed by atoms with Crippen LogP contribution in [0.5, 0.6) is 0 Å². The number of hydrogen-bond donors (Lipinski definition) is 1. The molecule has 1 N–H and O–H groups in total. The van der Waals surface area contributed by atoms with Crippen molar-refractivity contribution in [2.75, 3.05) is 0 Å². The number of rotatable bonds is 1. The normalized spacial score (nSPS) is 10.7. The Labute approximate surface area is 110 Å². The molecule has 2 heterocycles. The molecule has 2 aromatic heterocycles. The highest BCUT2D eigenvalue weighted by atomic mass is 79.9. The summed E-state index contributed by atoms with van der Waals surface area (Å²) < 4.78 is 0.409. The monoisotopic (exact) mass is 302 g/mol. The van der Waals surface area contributed by atoms with Crippen LogP contribution < -0.4 is 5.56 Å². The van der Waals surface area contributed by atoms with Gasteiger partial charge >= 0.3 is 0 Å². The van der Waals surface area contributed by atoms with Crippen molar-refractivity contribution < 1.29 is 0 Å². The molecule has 0 fully saturated rings. The van der Waals surface area contributed by atoms with Crippen molar-refractivity contribution in [2.24, 2.45) is 0 Å². The Hall–Kier alpha value is -2.08. The van der Waals surface area contributed by atoms with Crippen molar-refractivity contribution in [1.82, 2.24) is 19.9 Å². The van der Waals surface area contributed by atoms with E-state index in [1.165, 1.54) is 6.20 Å². The van der Waals surface area contributed by atoms with Crippen LogP contribution in [0.4, 0.5) is 0 Å². The molecule has 0 saturated heterocycles. The molecule has 0 saturated carbocycles. The number of hydrogen-bond acceptors (Lipinski definition) is 4. The van der Waals surface area contributed by atoms with Crippen LogP contribution in [0.3, 0.4) is 0 Å². The first kappa shape index (κ1) is 11.0. The lowest BCUT2D eigenvalue weighted by Gasteiger charge is -2.02. The molecule has 3 rings (SSSR count). The first-order valence-corrected chi connectivity index (χ1v) is 5.99. The number of aromatic amines is 1. The van der Waals surface area contributed by atoms with Crippen molar-refractivity contribution in [2.45, 2.75) is 0 Å². The lowest BCUT2D eigenvalue weighted by molar-refractivity contribution is 1.11. The summed E-state index contributed by atoms with van der Waals surface area (Å²) in [4.78, 5) is 26.8. The van der Waals surface area contributed by atoms with E-state index < -0.39 is 0 Å². The van der Waals surface area contributed by atoms with Gasteiger partial charge in [-0.25, -0.2) is 4.98 Å². The Morgan fingerprint density at radius 1 is 1.06 bits per heavy atom. The van der Waals surface area contributed by atoms with Gasteiger partial charge in [0.2, 0.25) is 0 Å². The average Bonchev–Trinajstić information content (AvgIpc) is 2.41. The second-order valence-electron chi connectivity index (χ2n) is 3.67. The van der Waals surface area contributed by atoms with Crippen molar-refractivity contribution in [1.29, 1.82) is 0 Å². The fraction of sp³-hybridized carbons (Fsp3) is 0. The Bertz CT molecular complexity index is 784. The second-order valence-corrected chi connectivity index (χ2v) is 4.52. The summed E-state index contributed by atoms with van der Waals surface area (Å²) in [7, 11) is 0. The van der Waals surface area contributed by atoms with E-state index in [0.29, 0.717) is 10.3 Å². The number of halogens is 1. The zero-order chi connectivity index (χ0) is 12.5. The van der Waals surface area contributed by atoms with Crippen LogP contribution in [0.1, 0.15) is 0 Å². The van der Waals surface area contributed by atoms with Crippen LogP contribution in [-0.2, 0) is 0 Å². The molecule has 0 radical (unpaired) electrons. The molecule has 0 amide bonds. The average molecular weight is 303 g/mol. The highest BCUT2D eigenvalue weighted by Crippen LogP contribution is 2.18. The molecular weight excluding hydrogens is 296 g/mol. The van der Waals surface area contributed by atoms with Gasteiger partial charge in [0.25, 0.3) is 5.56 Å². The van der Waals surface area contributed by atoms with E-state index in [1.54, 1.807) is 12.4 Å². The van der Waals surface area contributed by atoms with Crippen LogP contribution in [0.2, 0.25) is 0 Å². The summed E-state index contributed by atoms with van der Waals surface area (Å²) in [6.07, 6.45) is 4.75. The van der Waals surface area contributed by atoms with Gasteiger partial charge in [0.05, 0.1) is 11.0 Å². The molecule has 18 heavy (non-hydrogen) atoms. The fourth-order valence-electron chi connectivity index (χ4n) is 1.64. The summed E-state index contributed by atoms with van der Waals surface area (Å²) in [5.74, 6) is 0.510. The third-order valence-corrected chi connectivity index (χ3v) is 3.06. The topological polar surface area (TPSA) is 71.5 Å². The standard InChI is InChI=1S/C12H7BrN4O/c13-8-6-16-11(17-12(8)18)7-1-2-9-10(5-7)15-4-3-14-9/h1-6H,(H,16,17,18). The number of benzene rings is 1. The van der Waals surface area contributed by atoms with Gasteiger partial charge < -0.3 is 4.98 Å². The summed E-state index contributed by atoms with van der Waals surface area (Å²) in [5.41, 5.74) is 2.16. The maximum atomic E-state index is 11.5. The largest absolute Gasteiger partial charge is 0.306 e. The van der Waals surface area contributed by atoms with Crippen LogP contribution in [-0.4, -0.2) is 19.9 Å². The van der Waals surface area contributed by atoms with Crippen molar-refractivity contribution in [3.05, 3.63) is 51.6 Å². The minimum absolute atomic E-state index is 0.209. The Morgan fingerprint density at radius 2 is 1.83 bits per heavy atom. The molecule has 0 aliphatic heterocycles. The van der Waals surface area contributed by atoms with Gasteiger partial charge in [-0.15, -0.1) is 0 Å². The third-order valence-electron chi connectivity index (χ3n) is 2.50. The molecule has 0 atom stereocenters. The van der Waals surface area contributed by atoms with Gasteiger partial charge in [-0.1, -0.05) is 0 Å². The van der Waals surface area contributed by atoms with E-state index in [1.807, 2.05) is 18.2 Å². The number of nitrogens with one attached hydrogen (secondary N) is 1. The van der Waals surface area contributed by atoms with E-state index in [0.717, 1.165) is 16.6 Å².